The van der Waals surface area contributed by atoms with Gasteiger partial charge in [0.15, 0.2) is 5.78 Å². The summed E-state index contributed by atoms with van der Waals surface area (Å²) in [6.07, 6.45) is 6.58. The van der Waals surface area contributed by atoms with Crippen molar-refractivity contribution >= 4 is 21.9 Å². The average Bonchev–Trinajstić information content (AvgIpc) is 3.62. The molecule has 4 aromatic rings. The summed E-state index contributed by atoms with van der Waals surface area (Å²) in [7, 11) is -3.89. The Balaban J connectivity index is 1.32. The van der Waals surface area contributed by atoms with Gasteiger partial charge in [0, 0.05) is 25.7 Å². The maximum absolute atomic E-state index is 14.4. The summed E-state index contributed by atoms with van der Waals surface area (Å²) in [6.45, 7) is 2.65. The smallest absolute Gasteiger partial charge is 0.243 e. The van der Waals surface area contributed by atoms with Crippen LogP contribution in [0.5, 0.6) is 5.75 Å². The minimum atomic E-state index is -3.89. The van der Waals surface area contributed by atoms with Gasteiger partial charge in [0.2, 0.25) is 10.0 Å². The molecule has 2 aliphatic heterocycles. The van der Waals surface area contributed by atoms with Gasteiger partial charge in [-0.3, -0.25) is 9.78 Å². The molecule has 41 heavy (non-hydrogen) atoms. The molecule has 1 unspecified atom stereocenters. The quantitative estimate of drug-likeness (QED) is 0.327. The number of Topliss-reactive ketones (excluding diaryl/α,β-unsaturated/α-hetero) is 1. The fraction of sp³-hybridized carbons (Fsp3) is 0.258. The molecule has 1 saturated heterocycles. The molecule has 0 radical (unpaired) electrons. The number of rotatable bonds is 5. The van der Waals surface area contributed by atoms with Crippen LogP contribution in [0.3, 0.4) is 0 Å². The second kappa shape index (κ2) is 9.46. The second-order valence-electron chi connectivity index (χ2n) is 10.9. The van der Waals surface area contributed by atoms with Gasteiger partial charge in [-0.25, -0.2) is 17.5 Å². The molecule has 0 amide bonds. The van der Waals surface area contributed by atoms with Crippen LogP contribution in [0.1, 0.15) is 39.3 Å². The Morgan fingerprint density at radius 2 is 1.88 bits per heavy atom. The van der Waals surface area contributed by atoms with E-state index >= 15 is 0 Å². The summed E-state index contributed by atoms with van der Waals surface area (Å²) in [5, 5.41) is 4.56. The highest BCUT2D eigenvalue weighted by Gasteiger charge is 2.51. The molecule has 1 fully saturated rings. The number of carbonyl (C=O) groups is 1. The van der Waals surface area contributed by atoms with E-state index in [9.17, 15) is 17.6 Å². The molecule has 8 nitrogen and oxygen atoms in total. The van der Waals surface area contributed by atoms with Crippen LogP contribution in [0.25, 0.3) is 11.8 Å². The van der Waals surface area contributed by atoms with Crippen LogP contribution >= 0.6 is 0 Å². The van der Waals surface area contributed by atoms with Crippen LogP contribution in [-0.2, 0) is 22.9 Å². The predicted molar refractivity (Wildman–Crippen MR) is 150 cm³/mol. The number of nitrogens with zero attached hydrogens (tertiary/aromatic N) is 4. The van der Waals surface area contributed by atoms with Crippen LogP contribution in [0.15, 0.2) is 77.5 Å². The highest BCUT2D eigenvalue weighted by molar-refractivity contribution is 7.89. The Hall–Kier alpha value is -4.15. The third-order valence-corrected chi connectivity index (χ3v) is 10.2. The van der Waals surface area contributed by atoms with Gasteiger partial charge in [0.05, 0.1) is 34.5 Å². The highest BCUT2D eigenvalue weighted by Crippen LogP contribution is 2.47. The van der Waals surface area contributed by atoms with Crippen LogP contribution in [0, 0.1) is 18.2 Å². The number of fused-ring (bicyclic) bond motifs is 3. The molecule has 0 saturated carbocycles. The van der Waals surface area contributed by atoms with Gasteiger partial charge < -0.3 is 4.74 Å². The second-order valence-corrected chi connectivity index (χ2v) is 12.8. The van der Waals surface area contributed by atoms with Crippen molar-refractivity contribution in [3.8, 4) is 11.4 Å². The lowest BCUT2D eigenvalue weighted by molar-refractivity contribution is 0.0770. The van der Waals surface area contributed by atoms with Crippen molar-refractivity contribution in [2.24, 2.45) is 5.41 Å². The Labute approximate surface area is 237 Å². The van der Waals surface area contributed by atoms with Gasteiger partial charge in [0.25, 0.3) is 0 Å². The number of piperidine rings is 1. The fourth-order valence-corrected chi connectivity index (χ4v) is 7.74. The average molecular weight is 571 g/mol. The van der Waals surface area contributed by atoms with E-state index in [2.05, 4.69) is 10.1 Å². The number of ketones is 1. The third-order valence-electron chi connectivity index (χ3n) is 8.33. The molecule has 0 N–H and O–H groups in total. The minimum absolute atomic E-state index is 0.00955. The molecule has 10 heteroatoms. The van der Waals surface area contributed by atoms with E-state index in [0.717, 1.165) is 28.0 Å². The topological polar surface area (TPSA) is 94.4 Å². The molecule has 2 aromatic carbocycles. The van der Waals surface area contributed by atoms with Gasteiger partial charge in [-0.1, -0.05) is 5.57 Å². The van der Waals surface area contributed by atoms with Crippen molar-refractivity contribution < 1.29 is 22.3 Å². The molecule has 4 heterocycles. The summed E-state index contributed by atoms with van der Waals surface area (Å²) in [5.41, 5.74) is 4.09. The molecule has 2 aromatic heterocycles. The van der Waals surface area contributed by atoms with E-state index in [-0.39, 0.29) is 36.0 Å². The largest absolute Gasteiger partial charge is 0.493 e. The van der Waals surface area contributed by atoms with Crippen molar-refractivity contribution in [2.75, 3.05) is 19.7 Å². The maximum atomic E-state index is 14.4. The number of hydrogen-bond donors (Lipinski definition) is 0. The van der Waals surface area contributed by atoms with Crippen LogP contribution in [-0.4, -0.2) is 53.0 Å². The van der Waals surface area contributed by atoms with Crippen molar-refractivity contribution in [1.82, 2.24) is 19.1 Å². The lowest BCUT2D eigenvalue weighted by Crippen LogP contribution is -2.53. The number of aromatic nitrogens is 3. The SMILES string of the molecule is Cc1ccnc(C(=O)C23Cc4cnn(-c5ccc(F)cc5)c4C=C2CCN(S(=O)(=O)c2ccc4c(c2)CCO4)C3)c1. The summed E-state index contributed by atoms with van der Waals surface area (Å²) in [4.78, 5) is 19.0. The summed E-state index contributed by atoms with van der Waals surface area (Å²) in [6, 6.07) is 14.6. The zero-order valence-corrected chi connectivity index (χ0v) is 23.2. The zero-order valence-electron chi connectivity index (χ0n) is 22.4. The third kappa shape index (κ3) is 4.20. The fourth-order valence-electron chi connectivity index (χ4n) is 6.19. The number of ether oxygens (including phenoxy) is 1. The molecular weight excluding hydrogens is 543 g/mol. The van der Waals surface area contributed by atoms with E-state index < -0.39 is 15.4 Å². The number of halogens is 1. The van der Waals surface area contributed by atoms with Gasteiger partial charge >= 0.3 is 0 Å². The molecule has 3 aliphatic rings. The monoisotopic (exact) mass is 570 g/mol. The molecule has 0 spiro atoms. The maximum Gasteiger partial charge on any atom is 0.243 e. The van der Waals surface area contributed by atoms with Crippen LogP contribution < -0.4 is 4.74 Å². The van der Waals surface area contributed by atoms with Crippen LogP contribution in [0.2, 0.25) is 0 Å². The number of aryl methyl sites for hydroxylation is 1. The van der Waals surface area contributed by atoms with Crippen molar-refractivity contribution in [3.63, 3.8) is 0 Å². The van der Waals surface area contributed by atoms with Crippen molar-refractivity contribution in [3.05, 3.63) is 106 Å². The molecular formula is C31H27FN4O4S. The zero-order chi connectivity index (χ0) is 28.4. The van der Waals surface area contributed by atoms with Crippen LogP contribution in [0.4, 0.5) is 4.39 Å². The van der Waals surface area contributed by atoms with E-state index in [1.165, 1.54) is 16.4 Å². The van der Waals surface area contributed by atoms with Gasteiger partial charge in [-0.2, -0.15) is 9.40 Å². The molecule has 1 aliphatic carbocycles. The summed E-state index contributed by atoms with van der Waals surface area (Å²) < 4.78 is 50.3. The number of carbonyl (C=O) groups excluding carboxylic acids is 1. The molecule has 1 atom stereocenters. The van der Waals surface area contributed by atoms with Crippen molar-refractivity contribution in [1.29, 1.82) is 0 Å². The number of pyridine rings is 1. The van der Waals surface area contributed by atoms with Gasteiger partial charge in [-0.05, 0) is 97.1 Å². The normalized spacial score (nSPS) is 20.0. The molecule has 0 bridgehead atoms. The first-order valence-electron chi connectivity index (χ1n) is 13.5. The molecule has 7 rings (SSSR count). The first-order chi connectivity index (χ1) is 19.7. The number of sulfonamides is 1. The van der Waals surface area contributed by atoms with Crippen molar-refractivity contribution in [2.45, 2.75) is 31.1 Å². The first kappa shape index (κ1) is 25.8. The Morgan fingerprint density at radius 3 is 2.68 bits per heavy atom. The summed E-state index contributed by atoms with van der Waals surface area (Å²) >= 11 is 0. The van der Waals surface area contributed by atoms with Gasteiger partial charge in [0.1, 0.15) is 17.3 Å². The van der Waals surface area contributed by atoms with E-state index in [0.29, 0.717) is 36.6 Å². The van der Waals surface area contributed by atoms with Gasteiger partial charge in [-0.15, -0.1) is 0 Å². The summed E-state index contributed by atoms with van der Waals surface area (Å²) in [5.74, 6) is 0.158. The van der Waals surface area contributed by atoms with E-state index in [1.807, 2.05) is 19.1 Å². The molecule has 208 valence electrons. The number of hydrogen-bond acceptors (Lipinski definition) is 6. The predicted octanol–water partition coefficient (Wildman–Crippen LogP) is 4.55. The highest BCUT2D eigenvalue weighted by atomic mass is 32.2. The Morgan fingerprint density at radius 1 is 1.05 bits per heavy atom. The standard InChI is InChI=1S/C31H27FN4O4S/c1-20-8-11-33-27(14-20)30(37)31-17-22-18-34-36(25-4-2-24(32)3-5-25)28(22)16-23(31)9-12-35(19-31)41(38,39)26-6-7-29-21(15-26)10-13-40-29/h2-8,11,14-16,18H,9-10,12-13,17,19H2,1H3. The number of benzene rings is 2. The lowest BCUT2D eigenvalue weighted by atomic mass is 9.65. The Bertz CT molecular complexity index is 1850. The first-order valence-corrected chi connectivity index (χ1v) is 15.0. The van der Waals surface area contributed by atoms with E-state index in [1.54, 1.807) is 53.5 Å². The lowest BCUT2D eigenvalue weighted by Gasteiger charge is -2.44. The minimum Gasteiger partial charge on any atom is -0.493 e. The van der Waals surface area contributed by atoms with E-state index in [4.69, 9.17) is 4.74 Å². The Kier molecular flexibility index (Phi) is 5.95.